The summed E-state index contributed by atoms with van der Waals surface area (Å²) in [6.45, 7) is 5.09. The molecule has 1 N–H and O–H groups in total. The van der Waals surface area contributed by atoms with Crippen LogP contribution in [0.4, 0.5) is 0 Å². The fourth-order valence-corrected chi connectivity index (χ4v) is 2.96. The van der Waals surface area contributed by atoms with Crippen LogP contribution in [-0.4, -0.2) is 51.2 Å². The summed E-state index contributed by atoms with van der Waals surface area (Å²) in [6.07, 6.45) is 2.24. The minimum absolute atomic E-state index is 0.0714. The molecule has 0 aliphatic carbocycles. The highest BCUT2D eigenvalue weighted by Gasteiger charge is 2.24. The number of nitrogens with zero attached hydrogens (tertiary/aromatic N) is 1. The first-order valence-corrected chi connectivity index (χ1v) is 7.94. The molecule has 1 aromatic carbocycles. The van der Waals surface area contributed by atoms with E-state index in [0.717, 1.165) is 26.1 Å². The Morgan fingerprint density at radius 3 is 2.91 bits per heavy atom. The topological polar surface area (TPSA) is 50.8 Å². The van der Waals surface area contributed by atoms with Crippen LogP contribution < -0.4 is 14.8 Å². The molecule has 0 aromatic heterocycles. The molecule has 1 heterocycles. The lowest BCUT2D eigenvalue weighted by molar-refractivity contribution is 0.0674. The third-order valence-electron chi connectivity index (χ3n) is 4.01. The second-order valence-corrected chi connectivity index (χ2v) is 5.62. The van der Waals surface area contributed by atoms with Crippen molar-refractivity contribution in [3.63, 3.8) is 0 Å². The lowest BCUT2D eigenvalue weighted by atomic mass is 9.97. The molecule has 1 atom stereocenters. The molecule has 0 bridgehead atoms. The number of piperidine rings is 1. The van der Waals surface area contributed by atoms with E-state index >= 15 is 0 Å². The van der Waals surface area contributed by atoms with Gasteiger partial charge in [-0.1, -0.05) is 0 Å². The molecular formula is C17H26N2O3. The van der Waals surface area contributed by atoms with Crippen molar-refractivity contribution in [3.05, 3.63) is 23.8 Å². The van der Waals surface area contributed by atoms with Gasteiger partial charge >= 0.3 is 0 Å². The molecule has 1 fully saturated rings. The Balaban J connectivity index is 2.11. The highest BCUT2D eigenvalue weighted by molar-refractivity contribution is 5.95. The van der Waals surface area contributed by atoms with Crippen molar-refractivity contribution in [3.8, 4) is 11.5 Å². The van der Waals surface area contributed by atoms with Gasteiger partial charge in [0.25, 0.3) is 5.91 Å². The largest absolute Gasteiger partial charge is 0.493 e. The predicted octanol–water partition coefficient (Wildman–Crippen LogP) is 2.17. The van der Waals surface area contributed by atoms with E-state index in [9.17, 15) is 4.79 Å². The highest BCUT2D eigenvalue weighted by atomic mass is 16.5. The summed E-state index contributed by atoms with van der Waals surface area (Å²) in [6, 6.07) is 5.40. The van der Waals surface area contributed by atoms with Crippen LogP contribution in [0.15, 0.2) is 18.2 Å². The van der Waals surface area contributed by atoms with Crippen LogP contribution in [0.3, 0.4) is 0 Å². The van der Waals surface area contributed by atoms with Crippen molar-refractivity contribution in [1.29, 1.82) is 0 Å². The summed E-state index contributed by atoms with van der Waals surface area (Å²) in [5.74, 6) is 1.89. The average molecular weight is 306 g/mol. The summed E-state index contributed by atoms with van der Waals surface area (Å²) in [7, 11) is 3.55. The number of nitrogens with one attached hydrogen (secondary N) is 1. The van der Waals surface area contributed by atoms with E-state index in [1.54, 1.807) is 13.2 Å². The van der Waals surface area contributed by atoms with Crippen molar-refractivity contribution < 1.29 is 14.3 Å². The first-order valence-electron chi connectivity index (χ1n) is 7.94. The summed E-state index contributed by atoms with van der Waals surface area (Å²) < 4.78 is 10.8. The number of hydrogen-bond acceptors (Lipinski definition) is 4. The van der Waals surface area contributed by atoms with Crippen LogP contribution in [0.2, 0.25) is 0 Å². The summed E-state index contributed by atoms with van der Waals surface area (Å²) in [5.41, 5.74) is 0.658. The molecular weight excluding hydrogens is 280 g/mol. The lowest BCUT2D eigenvalue weighted by Crippen LogP contribution is -2.42. The molecule has 1 aromatic rings. The molecule has 1 aliphatic heterocycles. The van der Waals surface area contributed by atoms with Gasteiger partial charge in [0.2, 0.25) is 0 Å². The van der Waals surface area contributed by atoms with Crippen molar-refractivity contribution in [1.82, 2.24) is 10.2 Å². The Morgan fingerprint density at radius 1 is 1.41 bits per heavy atom. The van der Waals surface area contributed by atoms with Crippen molar-refractivity contribution in [2.45, 2.75) is 19.8 Å². The van der Waals surface area contributed by atoms with Crippen LogP contribution in [0, 0.1) is 5.92 Å². The molecule has 122 valence electrons. The summed E-state index contributed by atoms with van der Waals surface area (Å²) in [4.78, 5) is 14.6. The molecule has 1 unspecified atom stereocenters. The fourth-order valence-electron chi connectivity index (χ4n) is 2.96. The third kappa shape index (κ3) is 3.91. The zero-order valence-electron chi connectivity index (χ0n) is 13.7. The van der Waals surface area contributed by atoms with Crippen LogP contribution in [0.5, 0.6) is 11.5 Å². The second-order valence-electron chi connectivity index (χ2n) is 5.62. The number of benzene rings is 1. The Kier molecular flexibility index (Phi) is 6.07. The summed E-state index contributed by atoms with van der Waals surface area (Å²) in [5, 5.41) is 3.20. The van der Waals surface area contributed by atoms with Crippen molar-refractivity contribution in [2.75, 3.05) is 40.4 Å². The molecule has 0 spiro atoms. The maximum absolute atomic E-state index is 12.7. The normalized spacial score (nSPS) is 18.1. The minimum Gasteiger partial charge on any atom is -0.493 e. The number of ether oxygens (including phenoxy) is 2. The number of carbonyl (C=O) groups excluding carboxylic acids is 1. The zero-order valence-corrected chi connectivity index (χ0v) is 13.7. The van der Waals surface area contributed by atoms with Gasteiger partial charge in [-0.15, -0.1) is 0 Å². The SMILES string of the molecule is CCOc1ccc(C(=O)N2CCCC(CNC)C2)cc1OC. The minimum atomic E-state index is 0.0714. The molecule has 0 radical (unpaired) electrons. The van der Waals surface area contributed by atoms with Gasteiger partial charge < -0.3 is 19.7 Å². The number of likely N-dealkylation sites (tertiary alicyclic amines) is 1. The van der Waals surface area contributed by atoms with E-state index in [1.807, 2.05) is 31.0 Å². The Morgan fingerprint density at radius 2 is 2.23 bits per heavy atom. The van der Waals surface area contributed by atoms with Gasteiger partial charge in [-0.25, -0.2) is 0 Å². The van der Waals surface area contributed by atoms with Gasteiger partial charge in [0.05, 0.1) is 13.7 Å². The average Bonchev–Trinajstić information content (AvgIpc) is 2.55. The number of hydrogen-bond donors (Lipinski definition) is 1. The quantitative estimate of drug-likeness (QED) is 0.875. The molecule has 2 rings (SSSR count). The lowest BCUT2D eigenvalue weighted by Gasteiger charge is -2.32. The Hall–Kier alpha value is -1.75. The second kappa shape index (κ2) is 8.03. The van der Waals surface area contributed by atoms with Gasteiger partial charge in [0.15, 0.2) is 11.5 Å². The van der Waals surface area contributed by atoms with Crippen molar-refractivity contribution >= 4 is 5.91 Å². The predicted molar refractivity (Wildman–Crippen MR) is 86.7 cm³/mol. The molecule has 5 nitrogen and oxygen atoms in total. The van der Waals surface area contributed by atoms with E-state index in [4.69, 9.17) is 9.47 Å². The maximum atomic E-state index is 12.7. The standard InChI is InChI=1S/C17H26N2O3/c1-4-22-15-8-7-14(10-16(15)21-3)17(20)19-9-5-6-13(12-19)11-18-2/h7-8,10,13,18H,4-6,9,11-12H2,1-3H3. The molecule has 5 heteroatoms. The summed E-state index contributed by atoms with van der Waals surface area (Å²) >= 11 is 0. The van der Waals surface area contributed by atoms with E-state index in [1.165, 1.54) is 6.42 Å². The van der Waals surface area contributed by atoms with Crippen LogP contribution in [0.1, 0.15) is 30.1 Å². The molecule has 1 saturated heterocycles. The monoisotopic (exact) mass is 306 g/mol. The Bertz CT molecular complexity index is 503. The Labute approximate surface area is 132 Å². The van der Waals surface area contributed by atoms with Gasteiger partial charge in [0.1, 0.15) is 0 Å². The third-order valence-corrected chi connectivity index (χ3v) is 4.01. The van der Waals surface area contributed by atoms with E-state index < -0.39 is 0 Å². The van der Waals surface area contributed by atoms with E-state index in [-0.39, 0.29) is 5.91 Å². The van der Waals surface area contributed by atoms with Crippen LogP contribution in [-0.2, 0) is 0 Å². The zero-order chi connectivity index (χ0) is 15.9. The molecule has 0 saturated carbocycles. The maximum Gasteiger partial charge on any atom is 0.254 e. The smallest absolute Gasteiger partial charge is 0.254 e. The van der Waals surface area contributed by atoms with Gasteiger partial charge in [-0.2, -0.15) is 0 Å². The van der Waals surface area contributed by atoms with Crippen LogP contribution >= 0.6 is 0 Å². The van der Waals surface area contributed by atoms with Gasteiger partial charge in [-0.05, 0) is 57.5 Å². The van der Waals surface area contributed by atoms with Crippen molar-refractivity contribution in [2.24, 2.45) is 5.92 Å². The molecule has 22 heavy (non-hydrogen) atoms. The van der Waals surface area contributed by atoms with E-state index in [2.05, 4.69) is 5.32 Å². The highest BCUT2D eigenvalue weighted by Crippen LogP contribution is 2.29. The molecule has 1 amide bonds. The number of methoxy groups -OCH3 is 1. The number of amides is 1. The fraction of sp³-hybridized carbons (Fsp3) is 0.588. The number of carbonyl (C=O) groups is 1. The first-order chi connectivity index (χ1) is 10.7. The first kappa shape index (κ1) is 16.6. The van der Waals surface area contributed by atoms with Crippen LogP contribution in [0.25, 0.3) is 0 Å². The van der Waals surface area contributed by atoms with E-state index in [0.29, 0.717) is 29.6 Å². The molecule has 1 aliphatic rings. The van der Waals surface area contributed by atoms with Gasteiger partial charge in [-0.3, -0.25) is 4.79 Å². The number of rotatable bonds is 6. The van der Waals surface area contributed by atoms with Gasteiger partial charge in [0, 0.05) is 18.7 Å².